The summed E-state index contributed by atoms with van der Waals surface area (Å²) in [5.74, 6) is -0.404. The minimum atomic E-state index is -0.595. The zero-order valence-electron chi connectivity index (χ0n) is 13.3. The number of amides is 3. The molecule has 0 aliphatic carbocycles. The van der Waals surface area contributed by atoms with E-state index in [9.17, 15) is 9.59 Å². The summed E-state index contributed by atoms with van der Waals surface area (Å²) in [6.07, 6.45) is 2.46. The van der Waals surface area contributed by atoms with Crippen LogP contribution in [-0.2, 0) is 11.3 Å². The lowest BCUT2D eigenvalue weighted by Gasteiger charge is -2.37. The third-order valence-electron chi connectivity index (χ3n) is 4.07. The lowest BCUT2D eigenvalue weighted by atomic mass is 9.89. The molecule has 2 aliphatic rings. The van der Waals surface area contributed by atoms with Crippen molar-refractivity contribution in [3.05, 3.63) is 34.2 Å². The lowest BCUT2D eigenvalue weighted by molar-refractivity contribution is -0.128. The van der Waals surface area contributed by atoms with Crippen molar-refractivity contribution in [3.8, 4) is 0 Å². The van der Waals surface area contributed by atoms with Gasteiger partial charge in [0, 0.05) is 25.2 Å². The highest BCUT2D eigenvalue weighted by molar-refractivity contribution is 7.09. The summed E-state index contributed by atoms with van der Waals surface area (Å²) in [6, 6.07) is 3.64. The van der Waals surface area contributed by atoms with Crippen molar-refractivity contribution >= 4 is 34.8 Å². The van der Waals surface area contributed by atoms with Gasteiger partial charge in [-0.25, -0.2) is 9.79 Å². The molecule has 1 aromatic heterocycles. The van der Waals surface area contributed by atoms with Crippen LogP contribution in [0.1, 0.15) is 18.2 Å². The highest BCUT2D eigenvalue weighted by Crippen LogP contribution is 2.27. The monoisotopic (exact) mass is 330 g/mol. The summed E-state index contributed by atoms with van der Waals surface area (Å²) in [5, 5.41) is 2.01. The number of aliphatic imine (C=N–C) groups is 2. The second-order valence-electron chi connectivity index (χ2n) is 5.45. The minimum Gasteiger partial charge on any atom is -0.284 e. The largest absolute Gasteiger partial charge is 0.331 e. The zero-order valence-corrected chi connectivity index (χ0v) is 14.1. The van der Waals surface area contributed by atoms with Crippen LogP contribution in [0.25, 0.3) is 0 Å². The van der Waals surface area contributed by atoms with Crippen LogP contribution in [0, 0.1) is 5.92 Å². The number of thiophene rings is 1. The minimum absolute atomic E-state index is 0.268. The summed E-state index contributed by atoms with van der Waals surface area (Å²) in [4.78, 5) is 37.5. The molecule has 0 N–H and O–H groups in total. The van der Waals surface area contributed by atoms with Gasteiger partial charge in [-0.2, -0.15) is 0 Å². The van der Waals surface area contributed by atoms with Crippen LogP contribution in [0.2, 0.25) is 0 Å². The number of urea groups is 1. The van der Waals surface area contributed by atoms with E-state index in [-0.39, 0.29) is 11.9 Å². The number of carbonyl (C=O) groups excluding carboxylic acids is 2. The van der Waals surface area contributed by atoms with Crippen molar-refractivity contribution in [1.82, 2.24) is 9.80 Å². The smallest absolute Gasteiger partial charge is 0.284 e. The van der Waals surface area contributed by atoms with Crippen molar-refractivity contribution in [2.75, 3.05) is 14.1 Å². The van der Waals surface area contributed by atoms with Crippen LogP contribution in [0.5, 0.6) is 0 Å². The van der Waals surface area contributed by atoms with Crippen molar-refractivity contribution in [3.63, 3.8) is 0 Å². The maximum atomic E-state index is 12.6. The van der Waals surface area contributed by atoms with Gasteiger partial charge >= 0.3 is 6.03 Å². The highest BCUT2D eigenvalue weighted by atomic mass is 32.1. The summed E-state index contributed by atoms with van der Waals surface area (Å²) in [6.45, 7) is 2.54. The normalized spacial score (nSPS) is 23.1. The molecule has 2 aliphatic heterocycles. The molecular formula is C16H18N4O2S. The number of amidine groups is 1. The third kappa shape index (κ3) is 2.61. The molecule has 3 heterocycles. The quantitative estimate of drug-likeness (QED) is 0.855. The van der Waals surface area contributed by atoms with E-state index in [1.165, 1.54) is 11.9 Å². The van der Waals surface area contributed by atoms with Crippen LogP contribution < -0.4 is 0 Å². The molecule has 1 fully saturated rings. The van der Waals surface area contributed by atoms with E-state index in [2.05, 4.69) is 4.99 Å². The summed E-state index contributed by atoms with van der Waals surface area (Å²) in [7, 11) is 3.14. The molecule has 0 radical (unpaired) electrons. The molecule has 1 unspecified atom stereocenters. The second kappa shape index (κ2) is 6.08. The fourth-order valence-corrected chi connectivity index (χ4v) is 3.37. The number of fused-ring (bicyclic) bond motifs is 1. The van der Waals surface area contributed by atoms with E-state index < -0.39 is 5.92 Å². The van der Waals surface area contributed by atoms with Crippen LogP contribution in [0.15, 0.2) is 39.3 Å². The van der Waals surface area contributed by atoms with Crippen LogP contribution >= 0.6 is 11.3 Å². The number of hydrogen-bond acceptors (Lipinski definition) is 5. The predicted molar refractivity (Wildman–Crippen MR) is 90.7 cm³/mol. The van der Waals surface area contributed by atoms with E-state index in [1.807, 2.05) is 24.4 Å². The molecule has 6 nitrogen and oxygen atoms in total. The van der Waals surface area contributed by atoms with E-state index >= 15 is 0 Å². The highest BCUT2D eigenvalue weighted by Gasteiger charge is 2.45. The molecule has 7 heteroatoms. The van der Waals surface area contributed by atoms with Gasteiger partial charge in [0.25, 0.3) is 0 Å². The van der Waals surface area contributed by atoms with Crippen molar-refractivity contribution < 1.29 is 9.59 Å². The Kier molecular flexibility index (Phi) is 4.12. The Labute approximate surface area is 138 Å². The number of imide groups is 1. The molecule has 23 heavy (non-hydrogen) atoms. The molecule has 120 valence electrons. The van der Waals surface area contributed by atoms with Gasteiger partial charge in [0.15, 0.2) is 0 Å². The first-order chi connectivity index (χ1) is 11.0. The Morgan fingerprint density at radius 1 is 1.30 bits per heavy atom. The molecule has 0 aromatic carbocycles. The number of hydrogen-bond donors (Lipinski definition) is 0. The molecule has 1 aromatic rings. The molecular weight excluding hydrogens is 312 g/mol. The Morgan fingerprint density at radius 2 is 2.09 bits per heavy atom. The molecule has 1 saturated heterocycles. The zero-order chi connectivity index (χ0) is 16.6. The molecule has 0 bridgehead atoms. The average Bonchev–Trinajstić information content (AvgIpc) is 3.08. The lowest BCUT2D eigenvalue weighted by Crippen LogP contribution is -2.59. The second-order valence-corrected chi connectivity index (χ2v) is 6.48. The Morgan fingerprint density at radius 3 is 2.74 bits per heavy atom. The van der Waals surface area contributed by atoms with E-state index in [4.69, 9.17) is 4.99 Å². The van der Waals surface area contributed by atoms with Gasteiger partial charge < -0.3 is 0 Å². The first kappa shape index (κ1) is 15.6. The Balaban J connectivity index is 2.02. The Bertz CT molecular complexity index is 733. The molecule has 0 saturated carbocycles. The first-order valence-electron chi connectivity index (χ1n) is 7.43. The number of rotatable bonds is 3. The van der Waals surface area contributed by atoms with Crippen molar-refractivity contribution in [2.45, 2.75) is 19.9 Å². The van der Waals surface area contributed by atoms with Gasteiger partial charge in [-0.05, 0) is 23.4 Å². The van der Waals surface area contributed by atoms with Crippen LogP contribution in [-0.4, -0.2) is 47.4 Å². The maximum absolute atomic E-state index is 12.6. The fourth-order valence-electron chi connectivity index (χ4n) is 2.74. The molecule has 3 rings (SSSR count). The fraction of sp³-hybridized carbons (Fsp3) is 0.375. The van der Waals surface area contributed by atoms with E-state index in [0.717, 1.165) is 27.5 Å². The Hall–Kier alpha value is -2.28. The topological polar surface area (TPSA) is 65.3 Å². The van der Waals surface area contributed by atoms with Gasteiger partial charge in [-0.3, -0.25) is 19.6 Å². The van der Waals surface area contributed by atoms with Gasteiger partial charge in [-0.15, -0.1) is 11.3 Å². The molecule has 0 spiro atoms. The SMILES string of the molecule is CCC1=CN=C2C(C(=O)N(C)C(=O)N2C)C1=NCc1cccs1. The summed E-state index contributed by atoms with van der Waals surface area (Å²) >= 11 is 1.64. The molecule has 1 atom stereocenters. The van der Waals surface area contributed by atoms with Gasteiger partial charge in [0.1, 0.15) is 11.8 Å². The summed E-state index contributed by atoms with van der Waals surface area (Å²) in [5.41, 5.74) is 1.67. The van der Waals surface area contributed by atoms with E-state index in [1.54, 1.807) is 24.6 Å². The van der Waals surface area contributed by atoms with E-state index in [0.29, 0.717) is 12.4 Å². The van der Waals surface area contributed by atoms with Crippen LogP contribution in [0.3, 0.4) is 0 Å². The van der Waals surface area contributed by atoms with Gasteiger partial charge in [-0.1, -0.05) is 13.0 Å². The third-order valence-corrected chi connectivity index (χ3v) is 4.94. The van der Waals surface area contributed by atoms with Crippen molar-refractivity contribution in [2.24, 2.45) is 15.9 Å². The summed E-state index contributed by atoms with van der Waals surface area (Å²) < 4.78 is 0. The average molecular weight is 330 g/mol. The maximum Gasteiger partial charge on any atom is 0.331 e. The van der Waals surface area contributed by atoms with Crippen LogP contribution in [0.4, 0.5) is 4.79 Å². The van der Waals surface area contributed by atoms with Gasteiger partial charge in [0.2, 0.25) is 5.91 Å². The number of nitrogens with zero attached hydrogens (tertiary/aromatic N) is 4. The standard InChI is InChI=1S/C16H18N4O2S/c1-4-10-8-18-14-12(15(21)20(3)16(22)19(14)2)13(10)17-9-11-6-5-7-23-11/h5-8,12H,4,9H2,1-3H3. The molecule has 3 amide bonds. The first-order valence-corrected chi connectivity index (χ1v) is 8.31. The number of carbonyl (C=O) groups is 2. The van der Waals surface area contributed by atoms with Crippen molar-refractivity contribution in [1.29, 1.82) is 0 Å². The van der Waals surface area contributed by atoms with Gasteiger partial charge in [0.05, 0.1) is 12.3 Å². The number of allylic oxidation sites excluding steroid dienone is 1. The predicted octanol–water partition coefficient (Wildman–Crippen LogP) is 2.54.